The van der Waals surface area contributed by atoms with E-state index in [0.717, 1.165) is 5.56 Å². The molecule has 1 atom stereocenters. The molecule has 0 heterocycles. The highest BCUT2D eigenvalue weighted by atomic mass is 16.5. The number of rotatable bonds is 6. The summed E-state index contributed by atoms with van der Waals surface area (Å²) in [5.41, 5.74) is 0.925. The highest BCUT2D eigenvalue weighted by Gasteiger charge is 2.22. The van der Waals surface area contributed by atoms with Crippen LogP contribution >= 0.6 is 0 Å². The van der Waals surface area contributed by atoms with Gasteiger partial charge in [-0.05, 0) is 11.5 Å². The molecule has 1 aromatic carbocycles. The van der Waals surface area contributed by atoms with Gasteiger partial charge >= 0.3 is 5.97 Å². The van der Waals surface area contributed by atoms with Crippen molar-refractivity contribution in [2.24, 2.45) is 5.92 Å². The summed E-state index contributed by atoms with van der Waals surface area (Å²) in [6, 6.07) is 8.84. The van der Waals surface area contributed by atoms with Crippen LogP contribution in [0.15, 0.2) is 30.3 Å². The molecule has 0 spiro atoms. The molecule has 17 heavy (non-hydrogen) atoms. The predicted octanol–water partition coefficient (Wildman–Crippen LogP) is 1.50. The van der Waals surface area contributed by atoms with Gasteiger partial charge in [-0.1, -0.05) is 44.2 Å². The molecule has 0 saturated heterocycles. The molecule has 0 fully saturated rings. The van der Waals surface area contributed by atoms with Crippen LogP contribution < -0.4 is 5.32 Å². The van der Waals surface area contributed by atoms with Crippen LogP contribution in [-0.2, 0) is 20.9 Å². The fraction of sp³-hybridized carbons (Fsp3) is 0.385. The minimum atomic E-state index is -0.587. The molecular formula is C13H17NO3. The van der Waals surface area contributed by atoms with Gasteiger partial charge in [0.15, 0.2) is 0 Å². The van der Waals surface area contributed by atoms with E-state index in [4.69, 9.17) is 4.74 Å². The van der Waals surface area contributed by atoms with Gasteiger partial charge in [0.2, 0.25) is 6.41 Å². The SMILES string of the molecule is CC(C)C(NC=O)C(=O)OCc1ccccc1. The zero-order valence-corrected chi connectivity index (χ0v) is 10.1. The summed E-state index contributed by atoms with van der Waals surface area (Å²) in [5, 5.41) is 2.46. The molecule has 92 valence electrons. The molecule has 4 nitrogen and oxygen atoms in total. The number of amides is 1. The number of carbonyl (C=O) groups is 2. The molecule has 0 aliphatic carbocycles. The normalized spacial score (nSPS) is 11.9. The number of hydrogen-bond acceptors (Lipinski definition) is 3. The van der Waals surface area contributed by atoms with Crippen molar-refractivity contribution in [3.63, 3.8) is 0 Å². The third-order valence-electron chi connectivity index (χ3n) is 2.39. The molecule has 1 rings (SSSR count). The first-order valence-corrected chi connectivity index (χ1v) is 5.55. The van der Waals surface area contributed by atoms with Gasteiger partial charge in [0.25, 0.3) is 0 Å². The molecule has 1 N–H and O–H groups in total. The quantitative estimate of drug-likeness (QED) is 0.600. The third-order valence-corrected chi connectivity index (χ3v) is 2.39. The lowest BCUT2D eigenvalue weighted by atomic mass is 10.1. The smallest absolute Gasteiger partial charge is 0.329 e. The van der Waals surface area contributed by atoms with E-state index in [-0.39, 0.29) is 12.5 Å². The largest absolute Gasteiger partial charge is 0.459 e. The zero-order valence-electron chi connectivity index (χ0n) is 10.1. The minimum absolute atomic E-state index is 0.00322. The molecule has 0 aliphatic heterocycles. The van der Waals surface area contributed by atoms with Crippen molar-refractivity contribution in [2.45, 2.75) is 26.5 Å². The van der Waals surface area contributed by atoms with Crippen molar-refractivity contribution in [3.8, 4) is 0 Å². The third kappa shape index (κ3) is 4.26. The summed E-state index contributed by atoms with van der Waals surface area (Å²) in [7, 11) is 0. The van der Waals surface area contributed by atoms with Crippen molar-refractivity contribution in [3.05, 3.63) is 35.9 Å². The van der Waals surface area contributed by atoms with Crippen molar-refractivity contribution in [1.82, 2.24) is 5.32 Å². The first kappa shape index (κ1) is 13.2. The summed E-state index contributed by atoms with van der Waals surface area (Å²) >= 11 is 0. The first-order valence-electron chi connectivity index (χ1n) is 5.55. The van der Waals surface area contributed by atoms with E-state index < -0.39 is 12.0 Å². The summed E-state index contributed by atoms with van der Waals surface area (Å²) in [5.74, 6) is -0.403. The minimum Gasteiger partial charge on any atom is -0.459 e. The predicted molar refractivity (Wildman–Crippen MR) is 64.1 cm³/mol. The van der Waals surface area contributed by atoms with Gasteiger partial charge in [-0.3, -0.25) is 4.79 Å². The van der Waals surface area contributed by atoms with Crippen LogP contribution in [0.2, 0.25) is 0 Å². The molecule has 1 amide bonds. The van der Waals surface area contributed by atoms with Gasteiger partial charge < -0.3 is 10.1 Å². The zero-order chi connectivity index (χ0) is 12.7. The molecule has 0 radical (unpaired) electrons. The van der Waals surface area contributed by atoms with E-state index in [1.54, 1.807) is 0 Å². The standard InChI is InChI=1S/C13H17NO3/c1-10(2)12(14-9-15)13(16)17-8-11-6-4-3-5-7-11/h3-7,9-10,12H,8H2,1-2H3,(H,14,15). The summed E-state index contributed by atoms with van der Waals surface area (Å²) in [4.78, 5) is 22.1. The Balaban J connectivity index is 2.50. The van der Waals surface area contributed by atoms with Crippen molar-refractivity contribution >= 4 is 12.4 Å². The topological polar surface area (TPSA) is 55.4 Å². The van der Waals surface area contributed by atoms with Gasteiger partial charge in [0, 0.05) is 0 Å². The second-order valence-corrected chi connectivity index (χ2v) is 4.10. The second-order valence-electron chi connectivity index (χ2n) is 4.10. The maximum atomic E-state index is 11.7. The monoisotopic (exact) mass is 235 g/mol. The maximum Gasteiger partial charge on any atom is 0.329 e. The van der Waals surface area contributed by atoms with Crippen molar-refractivity contribution < 1.29 is 14.3 Å². The maximum absolute atomic E-state index is 11.7. The van der Waals surface area contributed by atoms with Crippen LogP contribution in [0.4, 0.5) is 0 Å². The lowest BCUT2D eigenvalue weighted by Gasteiger charge is -2.18. The van der Waals surface area contributed by atoms with Crippen molar-refractivity contribution in [2.75, 3.05) is 0 Å². The van der Waals surface area contributed by atoms with Gasteiger partial charge in [0.05, 0.1) is 0 Å². The lowest BCUT2D eigenvalue weighted by Crippen LogP contribution is -2.41. The molecule has 0 bridgehead atoms. The number of nitrogens with one attached hydrogen (secondary N) is 1. The highest BCUT2D eigenvalue weighted by molar-refractivity contribution is 5.78. The van der Waals surface area contributed by atoms with Gasteiger partial charge in [0.1, 0.15) is 12.6 Å². The van der Waals surface area contributed by atoms with Crippen molar-refractivity contribution in [1.29, 1.82) is 0 Å². The van der Waals surface area contributed by atoms with E-state index in [9.17, 15) is 9.59 Å². The number of hydrogen-bond donors (Lipinski definition) is 1. The number of carbonyl (C=O) groups excluding carboxylic acids is 2. The van der Waals surface area contributed by atoms with Gasteiger partial charge in [-0.2, -0.15) is 0 Å². The van der Waals surface area contributed by atoms with Gasteiger partial charge in [-0.15, -0.1) is 0 Å². The highest BCUT2D eigenvalue weighted by Crippen LogP contribution is 2.06. The Bertz CT molecular complexity index is 362. The van der Waals surface area contributed by atoms with E-state index in [1.807, 2.05) is 44.2 Å². The average Bonchev–Trinajstić information content (AvgIpc) is 2.34. The van der Waals surface area contributed by atoms with E-state index >= 15 is 0 Å². The summed E-state index contributed by atoms with van der Waals surface area (Å²) in [6.07, 6.45) is 0.522. The average molecular weight is 235 g/mol. The van der Waals surface area contributed by atoms with Crippen LogP contribution in [0.5, 0.6) is 0 Å². The van der Waals surface area contributed by atoms with Crippen LogP contribution in [0.25, 0.3) is 0 Å². The van der Waals surface area contributed by atoms with Gasteiger partial charge in [-0.25, -0.2) is 4.79 Å². The van der Waals surface area contributed by atoms with Crippen LogP contribution in [0.1, 0.15) is 19.4 Å². The Morgan fingerprint density at radius 2 is 2.00 bits per heavy atom. The molecule has 4 heteroatoms. The van der Waals surface area contributed by atoms with E-state index in [0.29, 0.717) is 6.41 Å². The fourth-order valence-electron chi connectivity index (χ4n) is 1.42. The van der Waals surface area contributed by atoms with E-state index in [2.05, 4.69) is 5.32 Å². The lowest BCUT2D eigenvalue weighted by molar-refractivity contribution is -0.149. The summed E-state index contributed by atoms with van der Waals surface area (Å²) < 4.78 is 5.14. The fourth-order valence-corrected chi connectivity index (χ4v) is 1.42. The Hall–Kier alpha value is -1.84. The number of benzene rings is 1. The van der Waals surface area contributed by atoms with E-state index in [1.165, 1.54) is 0 Å². The van der Waals surface area contributed by atoms with Crippen LogP contribution in [0, 0.1) is 5.92 Å². The Labute approximate surface area is 101 Å². The first-order chi connectivity index (χ1) is 8.15. The van der Waals surface area contributed by atoms with Crippen LogP contribution in [0.3, 0.4) is 0 Å². The Morgan fingerprint density at radius 3 is 2.53 bits per heavy atom. The molecule has 0 aromatic heterocycles. The molecule has 0 saturated carbocycles. The molecular weight excluding hydrogens is 218 g/mol. The molecule has 1 aromatic rings. The summed E-state index contributed by atoms with van der Waals surface area (Å²) in [6.45, 7) is 3.93. The Kier molecular flexibility index (Phi) is 5.20. The Morgan fingerprint density at radius 1 is 1.35 bits per heavy atom. The number of esters is 1. The second kappa shape index (κ2) is 6.68. The van der Waals surface area contributed by atoms with Crippen LogP contribution in [-0.4, -0.2) is 18.4 Å². The number of ether oxygens (including phenoxy) is 1. The molecule has 1 unspecified atom stereocenters. The molecule has 0 aliphatic rings.